The van der Waals surface area contributed by atoms with Crippen molar-refractivity contribution in [1.82, 2.24) is 5.32 Å². The van der Waals surface area contributed by atoms with Crippen LogP contribution in [0.25, 0.3) is 0 Å². The van der Waals surface area contributed by atoms with Crippen LogP contribution in [0.3, 0.4) is 0 Å². The largest absolute Gasteiger partial charge is 0.344 e. The van der Waals surface area contributed by atoms with Gasteiger partial charge >= 0.3 is 0 Å². The highest BCUT2D eigenvalue weighted by molar-refractivity contribution is 9.10. The molecule has 0 bridgehead atoms. The van der Waals surface area contributed by atoms with Gasteiger partial charge in [-0.25, -0.2) is 0 Å². The number of nitrogens with zero attached hydrogens (tertiary/aromatic N) is 1. The van der Waals surface area contributed by atoms with Crippen LogP contribution in [0.15, 0.2) is 46.9 Å². The van der Waals surface area contributed by atoms with Crippen LogP contribution in [0.4, 0.5) is 11.4 Å². The van der Waals surface area contributed by atoms with Gasteiger partial charge in [-0.15, -0.1) is 0 Å². The van der Waals surface area contributed by atoms with Crippen LogP contribution in [0.5, 0.6) is 0 Å². The summed E-state index contributed by atoms with van der Waals surface area (Å²) in [7, 11) is 4.10. The Hall–Kier alpha value is -1.32. The van der Waals surface area contributed by atoms with Gasteiger partial charge in [0.05, 0.1) is 0 Å². The van der Waals surface area contributed by atoms with Gasteiger partial charge in [-0.3, -0.25) is 0 Å². The average Bonchev–Trinajstić information content (AvgIpc) is 2.46. The summed E-state index contributed by atoms with van der Waals surface area (Å²) >= 11 is 3.56. The van der Waals surface area contributed by atoms with E-state index in [0.717, 1.165) is 4.47 Å². The van der Waals surface area contributed by atoms with Crippen LogP contribution in [0.1, 0.15) is 24.1 Å². The summed E-state index contributed by atoms with van der Waals surface area (Å²) in [4.78, 5) is 2.23. The molecule has 2 nitrogen and oxygen atoms in total. The van der Waals surface area contributed by atoms with Crippen molar-refractivity contribution in [1.29, 1.82) is 0 Å². The van der Waals surface area contributed by atoms with Crippen LogP contribution in [-0.4, -0.2) is 14.1 Å². The second-order valence-corrected chi connectivity index (χ2v) is 6.02. The summed E-state index contributed by atoms with van der Waals surface area (Å²) in [6, 6.07) is 15.3. The standard InChI is InChI=1S/C17H21BrN2/c1-12-5-8-15(9-6-12)20(4)17-10-7-14(18)11-16(17)13(2)19-3/h5-11,13,19H,1-4H3. The van der Waals surface area contributed by atoms with Crippen LogP contribution in [0, 0.1) is 6.92 Å². The van der Waals surface area contributed by atoms with E-state index in [2.05, 4.69) is 89.5 Å². The van der Waals surface area contributed by atoms with E-state index in [4.69, 9.17) is 0 Å². The fourth-order valence-electron chi connectivity index (χ4n) is 2.24. The second-order valence-electron chi connectivity index (χ2n) is 5.11. The van der Waals surface area contributed by atoms with E-state index in [1.165, 1.54) is 22.5 Å². The normalized spacial score (nSPS) is 12.2. The third-order valence-corrected chi connectivity index (χ3v) is 4.16. The zero-order valence-corrected chi connectivity index (χ0v) is 14.0. The molecule has 0 amide bonds. The molecule has 0 aliphatic carbocycles. The minimum Gasteiger partial charge on any atom is -0.344 e. The van der Waals surface area contributed by atoms with Crippen molar-refractivity contribution in [3.05, 3.63) is 58.1 Å². The summed E-state index contributed by atoms with van der Waals surface area (Å²) < 4.78 is 1.11. The lowest BCUT2D eigenvalue weighted by molar-refractivity contribution is 0.652. The fraction of sp³-hybridized carbons (Fsp3) is 0.294. The molecule has 0 heterocycles. The Labute approximate surface area is 129 Å². The minimum atomic E-state index is 0.301. The van der Waals surface area contributed by atoms with Crippen molar-refractivity contribution in [2.45, 2.75) is 19.9 Å². The van der Waals surface area contributed by atoms with Crippen molar-refractivity contribution < 1.29 is 0 Å². The number of anilines is 2. The molecule has 1 atom stereocenters. The molecule has 2 rings (SSSR count). The quantitative estimate of drug-likeness (QED) is 0.864. The molecule has 1 unspecified atom stereocenters. The van der Waals surface area contributed by atoms with E-state index in [0.29, 0.717) is 6.04 Å². The van der Waals surface area contributed by atoms with Crippen molar-refractivity contribution in [2.24, 2.45) is 0 Å². The van der Waals surface area contributed by atoms with E-state index >= 15 is 0 Å². The van der Waals surface area contributed by atoms with Crippen LogP contribution in [0.2, 0.25) is 0 Å². The third-order valence-electron chi connectivity index (χ3n) is 3.67. The van der Waals surface area contributed by atoms with E-state index in [-0.39, 0.29) is 0 Å². The summed E-state index contributed by atoms with van der Waals surface area (Å²) in [5, 5.41) is 3.32. The Bertz CT molecular complexity index is 578. The molecule has 20 heavy (non-hydrogen) atoms. The Balaban J connectivity index is 2.43. The monoisotopic (exact) mass is 332 g/mol. The van der Waals surface area contributed by atoms with Gasteiger partial charge in [0, 0.05) is 28.9 Å². The lowest BCUT2D eigenvalue weighted by Crippen LogP contribution is -2.18. The van der Waals surface area contributed by atoms with Crippen LogP contribution in [-0.2, 0) is 0 Å². The Morgan fingerprint density at radius 3 is 2.35 bits per heavy atom. The van der Waals surface area contributed by atoms with Gasteiger partial charge in [0.25, 0.3) is 0 Å². The maximum absolute atomic E-state index is 3.56. The molecule has 0 radical (unpaired) electrons. The van der Waals surface area contributed by atoms with Crippen molar-refractivity contribution in [3.8, 4) is 0 Å². The SMILES string of the molecule is CNC(C)c1cc(Br)ccc1N(C)c1ccc(C)cc1. The molecular weight excluding hydrogens is 312 g/mol. The summed E-state index contributed by atoms with van der Waals surface area (Å²) in [5.41, 5.74) is 4.98. The molecule has 106 valence electrons. The number of rotatable bonds is 4. The molecule has 0 saturated heterocycles. The summed E-state index contributed by atoms with van der Waals surface area (Å²) in [6.45, 7) is 4.28. The number of benzene rings is 2. The molecule has 3 heteroatoms. The molecule has 2 aromatic rings. The lowest BCUT2D eigenvalue weighted by Gasteiger charge is -2.25. The predicted molar refractivity (Wildman–Crippen MR) is 90.9 cm³/mol. The predicted octanol–water partition coefficient (Wildman–Crippen LogP) is 4.81. The highest BCUT2D eigenvalue weighted by Gasteiger charge is 2.14. The number of aryl methyl sites for hydroxylation is 1. The highest BCUT2D eigenvalue weighted by atomic mass is 79.9. The molecule has 2 aromatic carbocycles. The molecule has 0 fully saturated rings. The van der Waals surface area contributed by atoms with E-state index < -0.39 is 0 Å². The van der Waals surface area contributed by atoms with E-state index in [1.807, 2.05) is 7.05 Å². The maximum Gasteiger partial charge on any atom is 0.0457 e. The number of hydrogen-bond donors (Lipinski definition) is 1. The molecule has 0 spiro atoms. The molecule has 0 aromatic heterocycles. The molecule has 0 saturated carbocycles. The molecule has 0 aliphatic heterocycles. The minimum absolute atomic E-state index is 0.301. The first-order valence-corrected chi connectivity index (χ1v) is 7.59. The molecule has 0 aliphatic rings. The zero-order chi connectivity index (χ0) is 14.7. The third kappa shape index (κ3) is 3.22. The van der Waals surface area contributed by atoms with Crippen LogP contribution < -0.4 is 10.2 Å². The highest BCUT2D eigenvalue weighted by Crippen LogP contribution is 2.32. The van der Waals surface area contributed by atoms with Crippen molar-refractivity contribution in [3.63, 3.8) is 0 Å². The Morgan fingerprint density at radius 2 is 1.75 bits per heavy atom. The number of nitrogens with one attached hydrogen (secondary N) is 1. The number of hydrogen-bond acceptors (Lipinski definition) is 2. The van der Waals surface area contributed by atoms with Gasteiger partial charge in [0.1, 0.15) is 0 Å². The van der Waals surface area contributed by atoms with Gasteiger partial charge in [0.2, 0.25) is 0 Å². The van der Waals surface area contributed by atoms with E-state index in [9.17, 15) is 0 Å². The first-order chi connectivity index (χ1) is 9.52. The smallest absolute Gasteiger partial charge is 0.0457 e. The van der Waals surface area contributed by atoms with Crippen molar-refractivity contribution in [2.75, 3.05) is 19.0 Å². The van der Waals surface area contributed by atoms with E-state index in [1.54, 1.807) is 0 Å². The Kier molecular flexibility index (Phi) is 4.84. The average molecular weight is 333 g/mol. The molecular formula is C17H21BrN2. The number of halogens is 1. The van der Waals surface area contributed by atoms with Gasteiger partial charge in [0.15, 0.2) is 0 Å². The second kappa shape index (κ2) is 6.42. The fourth-order valence-corrected chi connectivity index (χ4v) is 2.62. The maximum atomic E-state index is 3.56. The van der Waals surface area contributed by atoms with Gasteiger partial charge in [-0.05, 0) is 56.8 Å². The lowest BCUT2D eigenvalue weighted by atomic mass is 10.0. The summed E-state index contributed by atoms with van der Waals surface area (Å²) in [5.74, 6) is 0. The first-order valence-electron chi connectivity index (χ1n) is 6.80. The van der Waals surface area contributed by atoms with Gasteiger partial charge in [-0.1, -0.05) is 33.6 Å². The topological polar surface area (TPSA) is 15.3 Å². The summed E-state index contributed by atoms with van der Waals surface area (Å²) in [6.07, 6.45) is 0. The van der Waals surface area contributed by atoms with Crippen molar-refractivity contribution >= 4 is 27.3 Å². The first kappa shape index (κ1) is 15.1. The Morgan fingerprint density at radius 1 is 1.10 bits per heavy atom. The zero-order valence-electron chi connectivity index (χ0n) is 12.4. The van der Waals surface area contributed by atoms with Gasteiger partial charge in [-0.2, -0.15) is 0 Å². The van der Waals surface area contributed by atoms with Gasteiger partial charge < -0.3 is 10.2 Å². The van der Waals surface area contributed by atoms with Crippen LogP contribution >= 0.6 is 15.9 Å². The molecule has 1 N–H and O–H groups in total.